The second-order valence-corrected chi connectivity index (χ2v) is 7.51. The first kappa shape index (κ1) is 16.2. The van der Waals surface area contributed by atoms with Crippen LogP contribution in [-0.4, -0.2) is 19.2 Å². The van der Waals surface area contributed by atoms with Crippen LogP contribution < -0.4 is 4.72 Å². The van der Waals surface area contributed by atoms with Crippen molar-refractivity contribution in [2.45, 2.75) is 15.5 Å². The Hall–Kier alpha value is -1.19. The third kappa shape index (κ3) is 4.65. The smallest absolute Gasteiger partial charge is 0.280 e. The van der Waals surface area contributed by atoms with Gasteiger partial charge in [0.05, 0.1) is 0 Å². The number of thioether (sulfide) groups is 1. The quantitative estimate of drug-likeness (QED) is 0.779. The molecule has 0 amide bonds. The number of sulfonamides is 1. The van der Waals surface area contributed by atoms with Crippen molar-refractivity contribution in [2.75, 3.05) is 4.72 Å². The number of rotatable bonds is 5. The van der Waals surface area contributed by atoms with Crippen LogP contribution in [0.25, 0.3) is 0 Å². The second-order valence-electron chi connectivity index (χ2n) is 3.85. The molecule has 0 radical (unpaired) electrons. The van der Waals surface area contributed by atoms with E-state index >= 15 is 0 Å². The summed E-state index contributed by atoms with van der Waals surface area (Å²) < 4.78 is 51.5. The van der Waals surface area contributed by atoms with E-state index in [1.807, 2.05) is 0 Å². The number of pyridine rings is 1. The van der Waals surface area contributed by atoms with Crippen molar-refractivity contribution in [2.24, 2.45) is 0 Å². The Morgan fingerprint density at radius 1 is 1.19 bits per heavy atom. The predicted octanol–water partition coefficient (Wildman–Crippen LogP) is 3.96. The molecule has 9 heteroatoms. The minimum Gasteiger partial charge on any atom is -0.280 e. The lowest BCUT2D eigenvalue weighted by molar-refractivity contribution is 0.252. The van der Waals surface area contributed by atoms with E-state index < -0.39 is 15.8 Å². The zero-order chi connectivity index (χ0) is 15.5. The molecule has 1 N–H and O–H groups in total. The molecule has 0 atom stereocenters. The molecule has 112 valence electrons. The molecule has 0 aliphatic carbocycles. The van der Waals surface area contributed by atoms with E-state index in [1.165, 1.54) is 42.7 Å². The average Bonchev–Trinajstić information content (AvgIpc) is 2.40. The van der Waals surface area contributed by atoms with Gasteiger partial charge in [-0.15, -0.1) is 0 Å². The van der Waals surface area contributed by atoms with Crippen molar-refractivity contribution < 1.29 is 17.2 Å². The van der Waals surface area contributed by atoms with Crippen molar-refractivity contribution >= 4 is 43.4 Å². The summed E-state index contributed by atoms with van der Waals surface area (Å²) in [6.07, 6.45) is 2.68. The highest BCUT2D eigenvalue weighted by Gasteiger charge is 2.15. The first-order valence-electron chi connectivity index (χ1n) is 5.55. The molecule has 1 aromatic carbocycles. The van der Waals surface area contributed by atoms with Crippen molar-refractivity contribution in [3.05, 3.63) is 47.2 Å². The fourth-order valence-electron chi connectivity index (χ4n) is 1.46. The monoisotopic (exact) mass is 394 g/mol. The summed E-state index contributed by atoms with van der Waals surface area (Å²) in [6, 6.07) is 7.11. The van der Waals surface area contributed by atoms with Crippen molar-refractivity contribution in [1.29, 1.82) is 0 Å². The molecule has 1 aromatic heterocycles. The van der Waals surface area contributed by atoms with Gasteiger partial charge in [0.15, 0.2) is 0 Å². The van der Waals surface area contributed by atoms with Gasteiger partial charge in [-0.3, -0.25) is 9.71 Å². The lowest BCUT2D eigenvalue weighted by Crippen LogP contribution is -2.13. The molecule has 4 nitrogen and oxygen atoms in total. The maximum atomic E-state index is 12.2. The van der Waals surface area contributed by atoms with Crippen LogP contribution in [-0.2, 0) is 10.0 Å². The van der Waals surface area contributed by atoms with Gasteiger partial charge in [0, 0.05) is 27.4 Å². The maximum absolute atomic E-state index is 12.2. The zero-order valence-electron chi connectivity index (χ0n) is 10.3. The van der Waals surface area contributed by atoms with Crippen LogP contribution in [0.15, 0.2) is 57.0 Å². The lowest BCUT2D eigenvalue weighted by atomic mass is 10.3. The Balaban J connectivity index is 2.17. The van der Waals surface area contributed by atoms with E-state index in [0.29, 0.717) is 21.1 Å². The fraction of sp³-hybridized carbons (Fsp3) is 0.0833. The summed E-state index contributed by atoms with van der Waals surface area (Å²) in [5.41, 5.74) is 0.286. The topological polar surface area (TPSA) is 59.1 Å². The van der Waals surface area contributed by atoms with Gasteiger partial charge in [0.25, 0.3) is 15.8 Å². The Morgan fingerprint density at radius 3 is 2.43 bits per heavy atom. The van der Waals surface area contributed by atoms with Gasteiger partial charge < -0.3 is 0 Å². The van der Waals surface area contributed by atoms with E-state index in [4.69, 9.17) is 0 Å². The van der Waals surface area contributed by atoms with Crippen LogP contribution in [0.1, 0.15) is 0 Å². The first-order valence-corrected chi connectivity index (χ1v) is 8.71. The number of nitrogens with zero attached hydrogens (tertiary/aromatic N) is 1. The molecule has 2 aromatic rings. The minimum atomic E-state index is -3.77. The highest BCUT2D eigenvalue weighted by atomic mass is 79.9. The summed E-state index contributed by atoms with van der Waals surface area (Å²) in [6.45, 7) is 0. The van der Waals surface area contributed by atoms with Crippen LogP contribution in [0.5, 0.6) is 0 Å². The number of aromatic nitrogens is 1. The van der Waals surface area contributed by atoms with E-state index in [1.54, 1.807) is 0 Å². The summed E-state index contributed by atoms with van der Waals surface area (Å²) in [7, 11) is -3.77. The minimum absolute atomic E-state index is 0.00269. The number of hydrogen-bond acceptors (Lipinski definition) is 4. The van der Waals surface area contributed by atoms with Crippen molar-refractivity contribution in [1.82, 2.24) is 4.98 Å². The van der Waals surface area contributed by atoms with Crippen LogP contribution in [0, 0.1) is 0 Å². The van der Waals surface area contributed by atoms with Crippen LogP contribution in [0.2, 0.25) is 0 Å². The van der Waals surface area contributed by atoms with Gasteiger partial charge in [-0.1, -0.05) is 11.8 Å². The van der Waals surface area contributed by atoms with E-state index in [0.717, 1.165) is 0 Å². The van der Waals surface area contributed by atoms with Crippen molar-refractivity contribution in [3.8, 4) is 0 Å². The maximum Gasteiger partial charge on any atom is 0.288 e. The molecular formula is C12H9BrF2N2O2S2. The van der Waals surface area contributed by atoms with Crippen LogP contribution >= 0.6 is 27.7 Å². The van der Waals surface area contributed by atoms with Gasteiger partial charge in [0.2, 0.25) is 0 Å². The Bertz CT molecular complexity index is 724. The summed E-state index contributed by atoms with van der Waals surface area (Å²) in [5, 5.41) is 0. The number of alkyl halides is 2. The molecule has 0 spiro atoms. The fourth-order valence-corrected chi connectivity index (χ4v) is 3.52. The molecule has 0 unspecified atom stereocenters. The molecular weight excluding hydrogens is 386 g/mol. The average molecular weight is 395 g/mol. The third-order valence-corrected chi connectivity index (χ3v) is 4.83. The number of halogens is 3. The molecule has 2 rings (SSSR count). The number of anilines is 1. The normalized spacial score (nSPS) is 11.6. The predicted molar refractivity (Wildman–Crippen MR) is 81.0 cm³/mol. The van der Waals surface area contributed by atoms with Gasteiger partial charge in [-0.2, -0.15) is 8.78 Å². The zero-order valence-corrected chi connectivity index (χ0v) is 13.6. The second kappa shape index (κ2) is 6.71. The number of benzene rings is 1. The standard InChI is InChI=1S/C12H9BrF2N2O2S2/c13-8-5-11(7-16-6-8)21(18,19)17-9-1-3-10(4-2-9)20-12(14)15/h1-7,12,17H. The molecule has 1 heterocycles. The van der Waals surface area contributed by atoms with Crippen molar-refractivity contribution in [3.63, 3.8) is 0 Å². The summed E-state index contributed by atoms with van der Waals surface area (Å²) >= 11 is 3.54. The molecule has 0 saturated heterocycles. The molecule has 0 aliphatic rings. The molecule has 21 heavy (non-hydrogen) atoms. The molecule has 0 bridgehead atoms. The first-order chi connectivity index (χ1) is 9.87. The van der Waals surface area contributed by atoms with Crippen LogP contribution in [0.3, 0.4) is 0 Å². The van der Waals surface area contributed by atoms with Gasteiger partial charge in [-0.05, 0) is 46.3 Å². The van der Waals surface area contributed by atoms with E-state index in [2.05, 4.69) is 25.6 Å². The highest BCUT2D eigenvalue weighted by Crippen LogP contribution is 2.27. The molecule has 0 fully saturated rings. The third-order valence-electron chi connectivity index (χ3n) is 2.32. The van der Waals surface area contributed by atoms with E-state index in [9.17, 15) is 17.2 Å². The summed E-state index contributed by atoms with van der Waals surface area (Å²) in [4.78, 5) is 4.15. The summed E-state index contributed by atoms with van der Waals surface area (Å²) in [5.74, 6) is -2.51. The Labute approximate surface area is 133 Å². The SMILES string of the molecule is O=S(=O)(Nc1ccc(SC(F)F)cc1)c1cncc(Br)c1. The Kier molecular flexibility index (Phi) is 5.17. The van der Waals surface area contributed by atoms with Gasteiger partial charge in [0.1, 0.15) is 4.90 Å². The number of nitrogens with one attached hydrogen (secondary N) is 1. The largest absolute Gasteiger partial charge is 0.288 e. The molecule has 0 saturated carbocycles. The van der Waals surface area contributed by atoms with Gasteiger partial charge >= 0.3 is 0 Å². The van der Waals surface area contributed by atoms with Gasteiger partial charge in [-0.25, -0.2) is 8.42 Å². The molecule has 0 aliphatic heterocycles. The van der Waals surface area contributed by atoms with Crippen LogP contribution in [0.4, 0.5) is 14.5 Å². The Morgan fingerprint density at radius 2 is 1.86 bits per heavy atom. The van der Waals surface area contributed by atoms with E-state index in [-0.39, 0.29) is 10.6 Å². The highest BCUT2D eigenvalue weighted by molar-refractivity contribution is 9.10. The lowest BCUT2D eigenvalue weighted by Gasteiger charge is -2.08. The number of hydrogen-bond donors (Lipinski definition) is 1.